The Balaban J connectivity index is 2.29. The summed E-state index contributed by atoms with van der Waals surface area (Å²) >= 11 is 0. The summed E-state index contributed by atoms with van der Waals surface area (Å²) in [5, 5.41) is 11.5. The van der Waals surface area contributed by atoms with Crippen LogP contribution in [0.2, 0.25) is 0 Å². The number of amides is 1. The molecule has 0 saturated carbocycles. The third-order valence-electron chi connectivity index (χ3n) is 3.69. The van der Waals surface area contributed by atoms with Crippen molar-refractivity contribution in [3.8, 4) is 11.1 Å². The highest BCUT2D eigenvalue weighted by Crippen LogP contribution is 2.28. The average molecular weight is 378 g/mol. The van der Waals surface area contributed by atoms with Crippen LogP contribution in [0.4, 0.5) is 5.69 Å². The number of para-hydroxylation sites is 1. The largest absolute Gasteiger partial charge is 0.480 e. The number of nitrogens with two attached hydrogens (primary N) is 1. The first kappa shape index (κ1) is 19.4. The highest BCUT2D eigenvalue weighted by atomic mass is 32.2. The maximum atomic E-state index is 12.6. The molecule has 0 aliphatic rings. The first-order valence-corrected chi connectivity index (χ1v) is 9.22. The van der Waals surface area contributed by atoms with Gasteiger partial charge < -0.3 is 16.2 Å². The summed E-state index contributed by atoms with van der Waals surface area (Å²) in [5.41, 5.74) is 7.73. The summed E-state index contributed by atoms with van der Waals surface area (Å²) in [7, 11) is -4.34. The maximum absolute atomic E-state index is 12.6. The molecule has 26 heavy (non-hydrogen) atoms. The molecular formula is C17H18N2O6S. The molecule has 0 spiro atoms. The molecule has 2 aromatic rings. The number of nitrogens with one attached hydrogen (secondary N) is 1. The molecule has 0 aliphatic heterocycles. The number of benzene rings is 2. The fourth-order valence-corrected chi connectivity index (χ4v) is 2.95. The van der Waals surface area contributed by atoms with E-state index in [1.165, 1.54) is 6.07 Å². The van der Waals surface area contributed by atoms with Gasteiger partial charge in [-0.1, -0.05) is 36.4 Å². The number of carboxylic acids is 1. The van der Waals surface area contributed by atoms with Gasteiger partial charge in [0.2, 0.25) is 0 Å². The molecular weight excluding hydrogens is 360 g/mol. The van der Waals surface area contributed by atoms with Crippen molar-refractivity contribution in [2.75, 3.05) is 11.5 Å². The van der Waals surface area contributed by atoms with E-state index in [0.717, 1.165) is 0 Å². The Morgan fingerprint density at radius 1 is 1.04 bits per heavy atom. The quantitative estimate of drug-likeness (QED) is 0.420. The fraction of sp³-hybridized carbons (Fsp3) is 0.176. The second-order valence-corrected chi connectivity index (χ2v) is 7.14. The van der Waals surface area contributed by atoms with Gasteiger partial charge in [0, 0.05) is 16.8 Å². The summed E-state index contributed by atoms with van der Waals surface area (Å²) in [6, 6.07) is 12.0. The summed E-state index contributed by atoms with van der Waals surface area (Å²) in [6.45, 7) is 0. The first-order valence-electron chi connectivity index (χ1n) is 7.62. The summed E-state index contributed by atoms with van der Waals surface area (Å²) in [4.78, 5) is 23.8. The van der Waals surface area contributed by atoms with Crippen molar-refractivity contribution in [1.29, 1.82) is 0 Å². The summed E-state index contributed by atoms with van der Waals surface area (Å²) in [6.07, 6.45) is -0.463. The molecule has 0 radical (unpaired) electrons. The Bertz CT molecular complexity index is 926. The molecule has 9 heteroatoms. The van der Waals surface area contributed by atoms with Crippen LogP contribution < -0.4 is 11.1 Å². The van der Waals surface area contributed by atoms with E-state index in [9.17, 15) is 23.1 Å². The number of rotatable bonds is 7. The molecule has 0 fully saturated rings. The second kappa shape index (κ2) is 7.98. The van der Waals surface area contributed by atoms with Crippen molar-refractivity contribution in [1.82, 2.24) is 5.32 Å². The molecule has 0 aliphatic carbocycles. The molecule has 138 valence electrons. The van der Waals surface area contributed by atoms with Gasteiger partial charge in [0.25, 0.3) is 16.0 Å². The van der Waals surface area contributed by atoms with Gasteiger partial charge in [-0.25, -0.2) is 4.79 Å². The van der Waals surface area contributed by atoms with E-state index >= 15 is 0 Å². The van der Waals surface area contributed by atoms with Crippen LogP contribution >= 0.6 is 0 Å². The van der Waals surface area contributed by atoms with Crippen molar-refractivity contribution in [2.45, 2.75) is 12.5 Å². The Kier molecular flexibility index (Phi) is 5.96. The molecule has 5 N–H and O–H groups in total. The zero-order valence-corrected chi connectivity index (χ0v) is 14.4. The fourth-order valence-electron chi connectivity index (χ4n) is 2.42. The predicted octanol–water partition coefficient (Wildman–Crippen LogP) is 1.40. The normalized spacial score (nSPS) is 12.3. The van der Waals surface area contributed by atoms with Crippen molar-refractivity contribution < 1.29 is 27.7 Å². The molecule has 2 aromatic carbocycles. The van der Waals surface area contributed by atoms with Crippen molar-refractivity contribution in [3.63, 3.8) is 0 Å². The van der Waals surface area contributed by atoms with Gasteiger partial charge in [0.15, 0.2) is 0 Å². The van der Waals surface area contributed by atoms with Gasteiger partial charge in [-0.05, 0) is 24.1 Å². The molecule has 0 unspecified atom stereocenters. The van der Waals surface area contributed by atoms with Gasteiger partial charge in [-0.3, -0.25) is 9.35 Å². The Labute approximate surface area is 150 Å². The topological polar surface area (TPSA) is 147 Å². The van der Waals surface area contributed by atoms with E-state index in [-0.39, 0.29) is 5.56 Å². The van der Waals surface area contributed by atoms with Gasteiger partial charge in [-0.15, -0.1) is 0 Å². The summed E-state index contributed by atoms with van der Waals surface area (Å²) in [5.74, 6) is -2.87. The number of hydrogen-bond donors (Lipinski definition) is 4. The van der Waals surface area contributed by atoms with E-state index in [0.29, 0.717) is 16.8 Å². The van der Waals surface area contributed by atoms with Crippen LogP contribution in [0, 0.1) is 0 Å². The zero-order valence-electron chi connectivity index (χ0n) is 13.6. The highest BCUT2D eigenvalue weighted by molar-refractivity contribution is 7.85. The first-order chi connectivity index (χ1) is 12.2. The standard InChI is InChI=1S/C17H18N2O6S/c18-14-8-4-3-6-12(14)11-5-1-2-7-13(11)16(20)19-15(17(21)22)9-10-26(23,24)25/h1-8,15H,9-10,18H2,(H,19,20)(H,21,22)(H,23,24,25)/t15-/m0/s1. The number of anilines is 1. The molecule has 1 amide bonds. The Morgan fingerprint density at radius 2 is 1.62 bits per heavy atom. The van der Waals surface area contributed by atoms with Crippen LogP contribution in [0.1, 0.15) is 16.8 Å². The van der Waals surface area contributed by atoms with Crippen LogP contribution in [0.5, 0.6) is 0 Å². The van der Waals surface area contributed by atoms with Gasteiger partial charge in [-0.2, -0.15) is 8.42 Å². The zero-order chi connectivity index (χ0) is 19.3. The van der Waals surface area contributed by atoms with Crippen LogP contribution in [0.15, 0.2) is 48.5 Å². The number of carboxylic acid groups (broad SMARTS) is 1. The van der Waals surface area contributed by atoms with Crippen LogP contribution in [-0.4, -0.2) is 41.7 Å². The van der Waals surface area contributed by atoms with Crippen LogP contribution in [0.25, 0.3) is 11.1 Å². The van der Waals surface area contributed by atoms with E-state index in [4.69, 9.17) is 10.3 Å². The second-order valence-electron chi connectivity index (χ2n) is 5.57. The lowest BCUT2D eigenvalue weighted by atomic mass is 9.97. The number of carbonyl (C=O) groups excluding carboxylic acids is 1. The van der Waals surface area contributed by atoms with Crippen molar-refractivity contribution in [3.05, 3.63) is 54.1 Å². The van der Waals surface area contributed by atoms with Crippen LogP contribution in [0.3, 0.4) is 0 Å². The Morgan fingerprint density at radius 3 is 2.19 bits per heavy atom. The van der Waals surface area contributed by atoms with E-state index < -0.39 is 40.2 Å². The number of hydrogen-bond acceptors (Lipinski definition) is 5. The molecule has 8 nitrogen and oxygen atoms in total. The van der Waals surface area contributed by atoms with Gasteiger partial charge in [0.05, 0.1) is 5.75 Å². The number of carbonyl (C=O) groups is 2. The number of aliphatic carboxylic acids is 1. The lowest BCUT2D eigenvalue weighted by Gasteiger charge is -2.16. The molecule has 0 bridgehead atoms. The molecule has 0 saturated heterocycles. The van der Waals surface area contributed by atoms with Gasteiger partial charge >= 0.3 is 5.97 Å². The van der Waals surface area contributed by atoms with Crippen molar-refractivity contribution in [2.24, 2.45) is 0 Å². The average Bonchev–Trinajstić information content (AvgIpc) is 2.58. The predicted molar refractivity (Wildman–Crippen MR) is 96.2 cm³/mol. The van der Waals surface area contributed by atoms with E-state index in [1.807, 2.05) is 0 Å². The molecule has 2 rings (SSSR count). The number of nitrogen functional groups attached to an aromatic ring is 1. The monoisotopic (exact) mass is 378 g/mol. The minimum atomic E-state index is -4.34. The third kappa shape index (κ3) is 5.04. The lowest BCUT2D eigenvalue weighted by Crippen LogP contribution is -2.42. The minimum absolute atomic E-state index is 0.198. The van der Waals surface area contributed by atoms with E-state index in [1.54, 1.807) is 42.5 Å². The smallest absolute Gasteiger partial charge is 0.326 e. The maximum Gasteiger partial charge on any atom is 0.326 e. The SMILES string of the molecule is Nc1ccccc1-c1ccccc1C(=O)N[C@@H](CCS(=O)(=O)O)C(=O)O. The highest BCUT2D eigenvalue weighted by Gasteiger charge is 2.24. The minimum Gasteiger partial charge on any atom is -0.480 e. The van der Waals surface area contributed by atoms with Gasteiger partial charge in [0.1, 0.15) is 6.04 Å². The Hall–Kier alpha value is -2.91. The van der Waals surface area contributed by atoms with Crippen LogP contribution in [-0.2, 0) is 14.9 Å². The molecule has 0 aromatic heterocycles. The van der Waals surface area contributed by atoms with Crippen molar-refractivity contribution >= 4 is 27.7 Å². The molecule has 0 heterocycles. The third-order valence-corrected chi connectivity index (χ3v) is 4.44. The van der Waals surface area contributed by atoms with E-state index in [2.05, 4.69) is 5.32 Å². The molecule has 1 atom stereocenters. The lowest BCUT2D eigenvalue weighted by molar-refractivity contribution is -0.139. The summed E-state index contributed by atoms with van der Waals surface area (Å²) < 4.78 is 30.4.